The van der Waals surface area contributed by atoms with Crippen LogP contribution >= 0.6 is 38.5 Å². The van der Waals surface area contributed by atoms with Crippen molar-refractivity contribution in [1.82, 2.24) is 14.1 Å². The van der Waals surface area contributed by atoms with Crippen molar-refractivity contribution >= 4 is 60.3 Å². The predicted octanol–water partition coefficient (Wildman–Crippen LogP) is 6.14. The van der Waals surface area contributed by atoms with E-state index in [1.165, 1.54) is 0 Å². The molecule has 5 nitrogen and oxygen atoms in total. The highest BCUT2D eigenvalue weighted by Crippen LogP contribution is 2.26. The van der Waals surface area contributed by atoms with Gasteiger partial charge in [-0.25, -0.2) is 4.98 Å². The number of rotatable bonds is 4. The molecule has 2 heterocycles. The minimum atomic E-state index is -0.199. The van der Waals surface area contributed by atoms with Gasteiger partial charge < -0.3 is 4.57 Å². The van der Waals surface area contributed by atoms with Gasteiger partial charge in [0, 0.05) is 20.0 Å². The lowest BCUT2D eigenvalue weighted by molar-refractivity contribution is 0.678. The van der Waals surface area contributed by atoms with Crippen LogP contribution in [-0.2, 0) is 6.54 Å². The number of aromatic nitrogens is 3. The van der Waals surface area contributed by atoms with Gasteiger partial charge in [0.25, 0.3) is 11.1 Å². The zero-order chi connectivity index (χ0) is 23.1. The fraction of sp³-hybridized carbons (Fsp3) is 0.115. The fourth-order valence-electron chi connectivity index (χ4n) is 4.12. The average molecular weight is 612 g/mol. The lowest BCUT2D eigenvalue weighted by atomic mass is 10.1. The van der Waals surface area contributed by atoms with Crippen LogP contribution in [0.1, 0.15) is 13.3 Å². The number of hydrogen-bond acceptors (Lipinski definition) is 3. The third-order valence-corrected chi connectivity index (χ3v) is 6.75. The van der Waals surface area contributed by atoms with Gasteiger partial charge >= 0.3 is 0 Å². The highest BCUT2D eigenvalue weighted by molar-refractivity contribution is 14.1. The van der Waals surface area contributed by atoms with Crippen LogP contribution in [0.4, 0.5) is 0 Å². The third-order valence-electron chi connectivity index (χ3n) is 5.59. The van der Waals surface area contributed by atoms with Crippen LogP contribution in [0.3, 0.4) is 0 Å². The normalized spacial score (nSPS) is 11.4. The highest BCUT2D eigenvalue weighted by atomic mass is 127. The van der Waals surface area contributed by atoms with E-state index in [4.69, 9.17) is 4.98 Å². The average Bonchev–Trinajstić information content (AvgIpc) is 2.81. The molecule has 0 bridgehead atoms. The molecule has 0 radical (unpaired) electrons. The quantitative estimate of drug-likeness (QED) is 0.229. The zero-order valence-electron chi connectivity index (χ0n) is 17.8. The maximum absolute atomic E-state index is 13.7. The first-order valence-corrected chi connectivity index (χ1v) is 12.5. The summed E-state index contributed by atoms with van der Waals surface area (Å²) >= 11 is 5.73. The van der Waals surface area contributed by atoms with Crippen molar-refractivity contribution in [3.63, 3.8) is 0 Å². The molecule has 0 atom stereocenters. The first-order valence-electron chi connectivity index (χ1n) is 10.6. The molecule has 5 rings (SSSR count). The van der Waals surface area contributed by atoms with Gasteiger partial charge in [-0.05, 0) is 83.6 Å². The number of hydrogen-bond donors (Lipinski definition) is 0. The number of benzene rings is 3. The fourth-order valence-corrected chi connectivity index (χ4v) is 4.99. The van der Waals surface area contributed by atoms with E-state index in [1.54, 1.807) is 9.13 Å². The summed E-state index contributed by atoms with van der Waals surface area (Å²) in [6.07, 6.45) is 0.809. The molecule has 0 unspecified atom stereocenters. The summed E-state index contributed by atoms with van der Waals surface area (Å²) in [4.78, 5) is 32.3. The zero-order valence-corrected chi connectivity index (χ0v) is 21.5. The largest absolute Gasteiger partial charge is 0.308 e. The number of para-hydroxylation sites is 1. The van der Waals surface area contributed by atoms with E-state index >= 15 is 0 Å². The van der Waals surface area contributed by atoms with Gasteiger partial charge in [0.2, 0.25) is 0 Å². The Hall–Kier alpha value is -2.78. The first-order chi connectivity index (χ1) is 16.0. The Bertz CT molecular complexity index is 1640. The highest BCUT2D eigenvalue weighted by Gasteiger charge is 2.19. The van der Waals surface area contributed by atoms with Crippen molar-refractivity contribution in [2.45, 2.75) is 19.9 Å². The molecular weight excluding hydrogens is 593 g/mol. The van der Waals surface area contributed by atoms with Crippen LogP contribution in [0.2, 0.25) is 0 Å². The second-order valence-electron chi connectivity index (χ2n) is 7.79. The number of pyridine rings is 1. The van der Waals surface area contributed by atoms with Crippen molar-refractivity contribution in [1.29, 1.82) is 0 Å². The minimum absolute atomic E-state index is 0.159. The molecule has 0 aliphatic heterocycles. The molecule has 0 spiro atoms. The van der Waals surface area contributed by atoms with Crippen LogP contribution < -0.4 is 11.1 Å². The maximum atomic E-state index is 13.7. The SMILES string of the molecule is CCCn1c(=O)c(-c2nc3ccc(I)cc3c(=O)n2-c2ccccc2)cc2cc(Br)ccc21. The Balaban J connectivity index is 1.95. The molecule has 33 heavy (non-hydrogen) atoms. The molecule has 0 aliphatic rings. The van der Waals surface area contributed by atoms with Crippen LogP contribution in [0.25, 0.3) is 38.9 Å². The molecule has 0 aliphatic carbocycles. The lowest BCUT2D eigenvalue weighted by Gasteiger charge is -2.16. The lowest BCUT2D eigenvalue weighted by Crippen LogP contribution is -2.27. The molecule has 0 N–H and O–H groups in total. The molecule has 164 valence electrons. The van der Waals surface area contributed by atoms with Crippen molar-refractivity contribution in [2.24, 2.45) is 0 Å². The molecule has 5 aromatic rings. The van der Waals surface area contributed by atoms with Gasteiger partial charge in [0.1, 0.15) is 0 Å². The van der Waals surface area contributed by atoms with E-state index in [-0.39, 0.29) is 11.1 Å². The summed E-state index contributed by atoms with van der Waals surface area (Å²) in [6, 6.07) is 22.6. The van der Waals surface area contributed by atoms with Crippen LogP contribution in [-0.4, -0.2) is 14.1 Å². The predicted molar refractivity (Wildman–Crippen MR) is 145 cm³/mol. The second-order valence-corrected chi connectivity index (χ2v) is 9.95. The van der Waals surface area contributed by atoms with Gasteiger partial charge in [-0.15, -0.1) is 0 Å². The van der Waals surface area contributed by atoms with Gasteiger partial charge in [-0.2, -0.15) is 0 Å². The second kappa shape index (κ2) is 8.87. The number of halogens is 2. The minimum Gasteiger partial charge on any atom is -0.308 e. The summed E-state index contributed by atoms with van der Waals surface area (Å²) in [5, 5.41) is 1.43. The number of nitrogens with zero attached hydrogens (tertiary/aromatic N) is 3. The molecule has 0 saturated carbocycles. The Morgan fingerprint density at radius 1 is 0.939 bits per heavy atom. The summed E-state index contributed by atoms with van der Waals surface area (Å²) < 4.78 is 5.20. The number of aryl methyl sites for hydroxylation is 1. The summed E-state index contributed by atoms with van der Waals surface area (Å²) in [5.41, 5.74) is 2.14. The number of fused-ring (bicyclic) bond motifs is 2. The van der Waals surface area contributed by atoms with Gasteiger partial charge in [-0.1, -0.05) is 41.1 Å². The Morgan fingerprint density at radius 3 is 2.48 bits per heavy atom. The van der Waals surface area contributed by atoms with E-state index in [0.29, 0.717) is 34.5 Å². The Kier molecular flexibility index (Phi) is 5.92. The summed E-state index contributed by atoms with van der Waals surface area (Å²) in [5.74, 6) is 0.344. The topological polar surface area (TPSA) is 56.9 Å². The van der Waals surface area contributed by atoms with Crippen LogP contribution in [0.5, 0.6) is 0 Å². The van der Waals surface area contributed by atoms with E-state index < -0.39 is 0 Å². The Labute approximate surface area is 212 Å². The van der Waals surface area contributed by atoms with E-state index in [1.807, 2.05) is 79.7 Å². The van der Waals surface area contributed by atoms with Gasteiger partial charge in [0.15, 0.2) is 5.82 Å². The maximum Gasteiger partial charge on any atom is 0.266 e. The van der Waals surface area contributed by atoms with E-state index in [2.05, 4.69) is 38.5 Å². The molecule has 3 aromatic carbocycles. The summed E-state index contributed by atoms with van der Waals surface area (Å²) in [6.45, 7) is 2.62. The van der Waals surface area contributed by atoms with Crippen molar-refractivity contribution in [3.05, 3.63) is 102 Å². The van der Waals surface area contributed by atoms with Crippen molar-refractivity contribution in [3.8, 4) is 17.1 Å². The van der Waals surface area contributed by atoms with Gasteiger partial charge in [-0.3, -0.25) is 14.2 Å². The first kappa shape index (κ1) is 22.0. The smallest absolute Gasteiger partial charge is 0.266 e. The third kappa shape index (κ3) is 3.93. The Morgan fingerprint density at radius 2 is 1.73 bits per heavy atom. The molecule has 0 fully saturated rings. The molecular formula is C26H19BrIN3O2. The monoisotopic (exact) mass is 611 g/mol. The van der Waals surface area contributed by atoms with Crippen LogP contribution in [0.15, 0.2) is 86.9 Å². The van der Waals surface area contributed by atoms with Gasteiger partial charge in [0.05, 0.1) is 27.7 Å². The molecule has 7 heteroatoms. The van der Waals surface area contributed by atoms with E-state index in [9.17, 15) is 9.59 Å². The molecule has 2 aromatic heterocycles. The van der Waals surface area contributed by atoms with Crippen LogP contribution in [0, 0.1) is 3.57 Å². The van der Waals surface area contributed by atoms with Crippen molar-refractivity contribution < 1.29 is 0 Å². The van der Waals surface area contributed by atoms with Crippen molar-refractivity contribution in [2.75, 3.05) is 0 Å². The standard InChI is InChI=1S/C26H19BrIN3O2/c1-2-12-30-23-11-8-17(27)13-16(23)14-21(25(30)32)24-29-22-10-9-18(28)15-20(22)26(33)31(24)19-6-4-3-5-7-19/h3-11,13-15H,2,12H2,1H3. The summed E-state index contributed by atoms with van der Waals surface area (Å²) in [7, 11) is 0. The molecule has 0 amide bonds. The molecule has 0 saturated heterocycles. The van der Waals surface area contributed by atoms with E-state index in [0.717, 1.165) is 25.4 Å².